The molecule has 4 aromatic rings. The summed E-state index contributed by atoms with van der Waals surface area (Å²) >= 11 is 0. The van der Waals surface area contributed by atoms with Crippen molar-refractivity contribution in [2.24, 2.45) is 0 Å². The smallest absolute Gasteiger partial charge is 0.299 e. The zero-order chi connectivity index (χ0) is 22.0. The number of nitrogens with one attached hydrogen (secondary N) is 3. The van der Waals surface area contributed by atoms with E-state index in [-0.39, 0.29) is 12.2 Å². The van der Waals surface area contributed by atoms with Gasteiger partial charge in [0, 0.05) is 34.8 Å². The van der Waals surface area contributed by atoms with Crippen molar-refractivity contribution in [3.63, 3.8) is 0 Å². The Morgan fingerprint density at radius 2 is 1.71 bits per heavy atom. The van der Waals surface area contributed by atoms with Gasteiger partial charge in [-0.25, -0.2) is 8.78 Å². The van der Waals surface area contributed by atoms with E-state index in [1.54, 1.807) is 24.3 Å². The molecule has 6 nitrogen and oxygen atoms in total. The Kier molecular flexibility index (Phi) is 5.62. The molecule has 3 aromatic carbocycles. The molecule has 3 N–H and O–H groups in total. The number of H-pyrrole nitrogens is 1. The highest BCUT2D eigenvalue weighted by Gasteiger charge is 2.15. The van der Waals surface area contributed by atoms with E-state index >= 15 is 0 Å². The van der Waals surface area contributed by atoms with E-state index in [0.29, 0.717) is 27.9 Å². The maximum atomic E-state index is 13.5. The minimum atomic E-state index is -3.89. The lowest BCUT2D eigenvalue weighted by molar-refractivity contribution is 0.417. The fourth-order valence-corrected chi connectivity index (χ4v) is 4.07. The highest BCUT2D eigenvalue weighted by Crippen LogP contribution is 2.32. The Hall–Kier alpha value is -3.43. The molecule has 0 atom stereocenters. The monoisotopic (exact) mass is 443 g/mol. The topological polar surface area (TPSA) is 83.2 Å². The van der Waals surface area contributed by atoms with Crippen LogP contribution in [0.25, 0.3) is 22.2 Å². The van der Waals surface area contributed by atoms with E-state index in [1.807, 2.05) is 30.3 Å². The van der Waals surface area contributed by atoms with Crippen molar-refractivity contribution in [3.05, 3.63) is 83.9 Å². The number of fused-ring (bicyclic) bond motifs is 1. The first-order valence-corrected chi connectivity index (χ1v) is 10.8. The van der Waals surface area contributed by atoms with Gasteiger partial charge in [-0.15, -0.1) is 0 Å². The number of rotatable bonds is 7. The molecule has 0 saturated carbocycles. The first-order chi connectivity index (χ1) is 14.8. The lowest BCUT2D eigenvalue weighted by atomic mass is 10.1. The summed E-state index contributed by atoms with van der Waals surface area (Å²) in [6.07, 6.45) is 0. The zero-order valence-electron chi connectivity index (χ0n) is 16.4. The summed E-state index contributed by atoms with van der Waals surface area (Å²) in [5.41, 5.74) is 2.64. The Morgan fingerprint density at radius 3 is 2.45 bits per heavy atom. The summed E-state index contributed by atoms with van der Waals surface area (Å²) < 4.78 is 62.3. The van der Waals surface area contributed by atoms with E-state index < -0.39 is 21.8 Å². The first-order valence-electron chi connectivity index (χ1n) is 9.32. The fourth-order valence-electron chi connectivity index (χ4n) is 3.19. The maximum absolute atomic E-state index is 13.5. The van der Waals surface area contributed by atoms with Gasteiger partial charge in [0.2, 0.25) is 0 Å². The number of anilines is 1. The molecule has 1 aromatic heterocycles. The molecule has 9 heteroatoms. The van der Waals surface area contributed by atoms with Gasteiger partial charge in [-0.1, -0.05) is 30.3 Å². The Balaban J connectivity index is 1.61. The van der Waals surface area contributed by atoms with E-state index in [9.17, 15) is 17.2 Å². The highest BCUT2D eigenvalue weighted by molar-refractivity contribution is 7.90. The van der Waals surface area contributed by atoms with Crippen LogP contribution in [0.2, 0.25) is 0 Å². The Labute approximate surface area is 178 Å². The molecule has 160 valence electrons. The van der Waals surface area contributed by atoms with Crippen LogP contribution in [0.3, 0.4) is 0 Å². The fraction of sp³-hybridized carbons (Fsp3) is 0.0909. The van der Waals surface area contributed by atoms with E-state index in [4.69, 9.17) is 4.74 Å². The number of hydrogen-bond donors (Lipinski definition) is 3. The zero-order valence-corrected chi connectivity index (χ0v) is 17.3. The van der Waals surface area contributed by atoms with Gasteiger partial charge in [0.05, 0.1) is 12.8 Å². The average Bonchev–Trinajstić information content (AvgIpc) is 3.16. The number of aromatic nitrogens is 1. The molecule has 0 fully saturated rings. The molecule has 31 heavy (non-hydrogen) atoms. The molecule has 0 unspecified atom stereocenters. The van der Waals surface area contributed by atoms with Crippen LogP contribution < -0.4 is 14.2 Å². The minimum Gasteiger partial charge on any atom is -0.495 e. The van der Waals surface area contributed by atoms with E-state index in [2.05, 4.69) is 14.4 Å². The second-order valence-electron chi connectivity index (χ2n) is 6.86. The number of hydrogen-bond acceptors (Lipinski definition) is 3. The van der Waals surface area contributed by atoms with Crippen molar-refractivity contribution in [1.29, 1.82) is 0 Å². The van der Waals surface area contributed by atoms with Gasteiger partial charge in [-0.05, 0) is 35.9 Å². The van der Waals surface area contributed by atoms with Crippen LogP contribution in [0.5, 0.6) is 5.75 Å². The molecule has 0 amide bonds. The third kappa shape index (κ3) is 4.68. The number of benzene rings is 3. The van der Waals surface area contributed by atoms with Crippen LogP contribution in [0.1, 0.15) is 5.56 Å². The minimum absolute atomic E-state index is 0.122. The van der Waals surface area contributed by atoms with E-state index in [1.165, 1.54) is 7.11 Å². The molecule has 4 rings (SSSR count). The second kappa shape index (κ2) is 8.37. The van der Waals surface area contributed by atoms with Crippen LogP contribution in [0.15, 0.2) is 66.7 Å². The van der Waals surface area contributed by atoms with Gasteiger partial charge < -0.3 is 9.72 Å². The SMILES string of the molecule is COc1ccc(-c2cc3cc(F)c(F)cc3[nH]2)cc1NS(=O)(=O)NCc1ccccc1. The molecule has 0 saturated heterocycles. The van der Waals surface area contributed by atoms with Crippen molar-refractivity contribution < 1.29 is 21.9 Å². The van der Waals surface area contributed by atoms with Crippen LogP contribution in [-0.4, -0.2) is 20.5 Å². The van der Waals surface area contributed by atoms with E-state index in [0.717, 1.165) is 17.7 Å². The van der Waals surface area contributed by atoms with Gasteiger partial charge in [-0.2, -0.15) is 13.1 Å². The summed E-state index contributed by atoms with van der Waals surface area (Å²) in [7, 11) is -2.46. The lowest BCUT2D eigenvalue weighted by Crippen LogP contribution is -2.29. The number of ether oxygens (including phenoxy) is 1. The average molecular weight is 443 g/mol. The third-order valence-corrected chi connectivity index (χ3v) is 5.74. The molecular formula is C22H19F2N3O3S. The summed E-state index contributed by atoms with van der Waals surface area (Å²) in [6, 6.07) is 17.9. The number of methoxy groups -OCH3 is 1. The second-order valence-corrected chi connectivity index (χ2v) is 8.36. The maximum Gasteiger partial charge on any atom is 0.299 e. The standard InChI is InChI=1S/C22H19F2N3O3S/c1-30-22-8-7-15(19-11-16-9-17(23)18(24)12-20(16)26-19)10-21(22)27-31(28,29)25-13-14-5-3-2-4-6-14/h2-12,25-27H,13H2,1H3. The van der Waals surface area contributed by atoms with Crippen LogP contribution in [-0.2, 0) is 16.8 Å². The summed E-state index contributed by atoms with van der Waals surface area (Å²) in [5.74, 6) is -1.57. The van der Waals surface area contributed by atoms with Gasteiger partial charge >= 0.3 is 0 Å². The predicted molar refractivity (Wildman–Crippen MR) is 116 cm³/mol. The summed E-state index contributed by atoms with van der Waals surface area (Å²) in [4.78, 5) is 3.01. The predicted octanol–water partition coefficient (Wildman–Crippen LogP) is 4.57. The Morgan fingerprint density at radius 1 is 0.968 bits per heavy atom. The van der Waals surface area contributed by atoms with Crippen molar-refractivity contribution in [3.8, 4) is 17.0 Å². The highest BCUT2D eigenvalue weighted by atomic mass is 32.2. The largest absolute Gasteiger partial charge is 0.495 e. The first kappa shape index (κ1) is 20.8. The normalized spacial score (nSPS) is 11.6. The molecule has 0 spiro atoms. The molecule has 0 aliphatic rings. The van der Waals surface area contributed by atoms with Crippen molar-refractivity contribution in [2.45, 2.75) is 6.54 Å². The summed E-state index contributed by atoms with van der Waals surface area (Å²) in [6.45, 7) is 0.122. The van der Waals surface area contributed by atoms with Crippen LogP contribution in [0, 0.1) is 11.6 Å². The van der Waals surface area contributed by atoms with Crippen molar-refractivity contribution >= 4 is 26.8 Å². The third-order valence-electron chi connectivity index (χ3n) is 4.73. The molecule has 0 aliphatic carbocycles. The van der Waals surface area contributed by atoms with Crippen molar-refractivity contribution in [1.82, 2.24) is 9.71 Å². The molecule has 0 bridgehead atoms. The van der Waals surface area contributed by atoms with Crippen LogP contribution in [0.4, 0.5) is 14.5 Å². The molecule has 0 aliphatic heterocycles. The number of halogens is 2. The van der Waals surface area contributed by atoms with Gasteiger partial charge in [0.25, 0.3) is 10.2 Å². The van der Waals surface area contributed by atoms with Gasteiger partial charge in [0.15, 0.2) is 11.6 Å². The number of aromatic amines is 1. The van der Waals surface area contributed by atoms with Crippen LogP contribution >= 0.6 is 0 Å². The van der Waals surface area contributed by atoms with Crippen molar-refractivity contribution in [2.75, 3.05) is 11.8 Å². The molecule has 1 heterocycles. The summed E-state index contributed by atoms with van der Waals surface area (Å²) in [5, 5.41) is 0.497. The van der Waals surface area contributed by atoms with Gasteiger partial charge in [0.1, 0.15) is 5.75 Å². The molecular weight excluding hydrogens is 424 g/mol. The Bertz CT molecular complexity index is 1300. The molecule has 0 radical (unpaired) electrons. The quantitative estimate of drug-likeness (QED) is 0.391. The lowest BCUT2D eigenvalue weighted by Gasteiger charge is -2.14. The van der Waals surface area contributed by atoms with Gasteiger partial charge in [-0.3, -0.25) is 4.72 Å².